The molecule has 0 radical (unpaired) electrons. The molecule has 0 amide bonds. The molecule has 108 valence electrons. The molecule has 2 aromatic carbocycles. The van der Waals surface area contributed by atoms with Gasteiger partial charge >= 0.3 is 0 Å². The summed E-state index contributed by atoms with van der Waals surface area (Å²) in [4.78, 5) is 3.39. The first-order valence-corrected chi connectivity index (χ1v) is 7.05. The van der Waals surface area contributed by atoms with Crippen LogP contribution in [0.4, 0.5) is 0 Å². The molecule has 0 aliphatic heterocycles. The summed E-state index contributed by atoms with van der Waals surface area (Å²) in [5.41, 5.74) is 4.72. The van der Waals surface area contributed by atoms with Crippen LogP contribution in [0.25, 0.3) is 10.9 Å². The van der Waals surface area contributed by atoms with Crippen molar-refractivity contribution in [2.45, 2.75) is 20.1 Å². The first-order chi connectivity index (χ1) is 10.3. The van der Waals surface area contributed by atoms with Crippen molar-refractivity contribution in [1.29, 1.82) is 0 Å². The average Bonchev–Trinajstić information content (AvgIpc) is 2.84. The van der Waals surface area contributed by atoms with Crippen LogP contribution in [-0.2, 0) is 18.0 Å². The number of hydrogen-bond acceptors (Lipinski definition) is 2. The Hall–Kier alpha value is -2.26. The van der Waals surface area contributed by atoms with Crippen molar-refractivity contribution in [3.8, 4) is 5.75 Å². The summed E-state index contributed by atoms with van der Waals surface area (Å²) in [7, 11) is 1.67. The second-order valence-corrected chi connectivity index (χ2v) is 5.12. The minimum absolute atomic E-state index is 0.600. The van der Waals surface area contributed by atoms with E-state index in [1.54, 1.807) is 7.11 Å². The van der Waals surface area contributed by atoms with Gasteiger partial charge in [-0.25, -0.2) is 0 Å². The lowest BCUT2D eigenvalue weighted by atomic mass is 10.1. The number of aromatic nitrogens is 1. The van der Waals surface area contributed by atoms with E-state index in [4.69, 9.17) is 9.47 Å². The number of rotatable bonds is 5. The molecule has 0 saturated heterocycles. The second kappa shape index (κ2) is 6.02. The van der Waals surface area contributed by atoms with Gasteiger partial charge in [0.1, 0.15) is 5.75 Å². The van der Waals surface area contributed by atoms with E-state index >= 15 is 0 Å². The highest BCUT2D eigenvalue weighted by Gasteiger charge is 2.07. The molecule has 1 heterocycles. The average molecular weight is 281 g/mol. The molecule has 3 heteroatoms. The lowest BCUT2D eigenvalue weighted by molar-refractivity contribution is 0.107. The molecule has 0 bridgehead atoms. The molecule has 0 spiro atoms. The van der Waals surface area contributed by atoms with E-state index in [1.165, 1.54) is 16.6 Å². The summed E-state index contributed by atoms with van der Waals surface area (Å²) in [5, 5.41) is 1.24. The fraction of sp³-hybridized carbons (Fsp3) is 0.222. The largest absolute Gasteiger partial charge is 0.497 e. The van der Waals surface area contributed by atoms with Crippen LogP contribution in [0.15, 0.2) is 48.5 Å². The van der Waals surface area contributed by atoms with E-state index in [1.807, 2.05) is 30.3 Å². The first kappa shape index (κ1) is 13.7. The van der Waals surface area contributed by atoms with Crippen molar-refractivity contribution >= 4 is 10.9 Å². The summed E-state index contributed by atoms with van der Waals surface area (Å²) < 4.78 is 11.0. The Labute approximate surface area is 124 Å². The zero-order valence-electron chi connectivity index (χ0n) is 12.3. The van der Waals surface area contributed by atoms with Gasteiger partial charge in [-0.2, -0.15) is 0 Å². The third kappa shape index (κ3) is 2.93. The number of aryl methyl sites for hydroxylation is 1. The third-order valence-electron chi connectivity index (χ3n) is 3.70. The van der Waals surface area contributed by atoms with Gasteiger partial charge < -0.3 is 14.5 Å². The van der Waals surface area contributed by atoms with Crippen LogP contribution >= 0.6 is 0 Å². The normalized spacial score (nSPS) is 11.0. The standard InChI is InChI=1S/C18H19NO2/c1-13-17(16-5-3-4-6-18(16)19-13)12-21-11-14-7-9-15(20-2)10-8-14/h3-10,19H,11-12H2,1-2H3. The highest BCUT2D eigenvalue weighted by atomic mass is 16.5. The van der Waals surface area contributed by atoms with Gasteiger partial charge in [-0.3, -0.25) is 0 Å². The van der Waals surface area contributed by atoms with Crippen molar-refractivity contribution in [2.24, 2.45) is 0 Å². The molecule has 1 aromatic heterocycles. The Morgan fingerprint density at radius 2 is 1.71 bits per heavy atom. The molecule has 3 aromatic rings. The molecule has 1 N–H and O–H groups in total. The fourth-order valence-electron chi connectivity index (χ4n) is 2.51. The summed E-state index contributed by atoms with van der Waals surface area (Å²) in [6.45, 7) is 3.30. The minimum Gasteiger partial charge on any atom is -0.497 e. The molecule has 0 aliphatic carbocycles. The maximum Gasteiger partial charge on any atom is 0.118 e. The van der Waals surface area contributed by atoms with Crippen molar-refractivity contribution < 1.29 is 9.47 Å². The maximum atomic E-state index is 5.87. The highest BCUT2D eigenvalue weighted by Crippen LogP contribution is 2.23. The maximum absolute atomic E-state index is 5.87. The quantitative estimate of drug-likeness (QED) is 0.760. The molecule has 0 saturated carbocycles. The zero-order chi connectivity index (χ0) is 14.7. The number of benzene rings is 2. The van der Waals surface area contributed by atoms with Crippen molar-refractivity contribution in [3.05, 3.63) is 65.4 Å². The van der Waals surface area contributed by atoms with Crippen LogP contribution in [0.3, 0.4) is 0 Å². The van der Waals surface area contributed by atoms with Crippen molar-refractivity contribution in [3.63, 3.8) is 0 Å². The molecule has 0 unspecified atom stereocenters. The van der Waals surface area contributed by atoms with Crippen LogP contribution in [0.5, 0.6) is 5.75 Å². The molecular formula is C18H19NO2. The van der Waals surface area contributed by atoms with Gasteiger partial charge in [0.05, 0.1) is 20.3 Å². The summed E-state index contributed by atoms with van der Waals surface area (Å²) in [6, 6.07) is 16.3. The van der Waals surface area contributed by atoms with Gasteiger partial charge in [0.25, 0.3) is 0 Å². The molecule has 21 heavy (non-hydrogen) atoms. The number of para-hydroxylation sites is 1. The van der Waals surface area contributed by atoms with Crippen LogP contribution in [0.1, 0.15) is 16.8 Å². The van der Waals surface area contributed by atoms with Crippen molar-refractivity contribution in [1.82, 2.24) is 4.98 Å². The van der Waals surface area contributed by atoms with E-state index in [0.717, 1.165) is 16.8 Å². The smallest absolute Gasteiger partial charge is 0.118 e. The molecule has 0 atom stereocenters. The highest BCUT2D eigenvalue weighted by molar-refractivity contribution is 5.84. The number of H-pyrrole nitrogens is 1. The van der Waals surface area contributed by atoms with Crippen LogP contribution in [-0.4, -0.2) is 12.1 Å². The topological polar surface area (TPSA) is 34.2 Å². The van der Waals surface area contributed by atoms with E-state index in [2.05, 4.69) is 30.1 Å². The van der Waals surface area contributed by atoms with Gasteiger partial charge in [-0.05, 0) is 30.7 Å². The first-order valence-electron chi connectivity index (χ1n) is 7.05. The number of fused-ring (bicyclic) bond motifs is 1. The van der Waals surface area contributed by atoms with Gasteiger partial charge in [0.15, 0.2) is 0 Å². The van der Waals surface area contributed by atoms with Crippen molar-refractivity contribution in [2.75, 3.05) is 7.11 Å². The van der Waals surface area contributed by atoms with E-state index in [0.29, 0.717) is 13.2 Å². The molecule has 0 fully saturated rings. The Kier molecular flexibility index (Phi) is 3.93. The predicted molar refractivity (Wildman–Crippen MR) is 84.5 cm³/mol. The Balaban J connectivity index is 1.67. The number of nitrogens with one attached hydrogen (secondary N) is 1. The zero-order valence-corrected chi connectivity index (χ0v) is 12.3. The second-order valence-electron chi connectivity index (χ2n) is 5.12. The van der Waals surface area contributed by atoms with Gasteiger partial charge in [0.2, 0.25) is 0 Å². The number of hydrogen-bond donors (Lipinski definition) is 1. The predicted octanol–water partition coefficient (Wildman–Crippen LogP) is 4.20. The molecule has 3 rings (SSSR count). The number of methoxy groups -OCH3 is 1. The van der Waals surface area contributed by atoms with Crippen LogP contribution < -0.4 is 4.74 Å². The minimum atomic E-state index is 0.600. The van der Waals surface area contributed by atoms with Gasteiger partial charge in [-0.1, -0.05) is 30.3 Å². The molecule has 0 aliphatic rings. The SMILES string of the molecule is COc1ccc(COCc2c(C)[nH]c3ccccc23)cc1. The summed E-state index contributed by atoms with van der Waals surface area (Å²) >= 11 is 0. The monoisotopic (exact) mass is 281 g/mol. The molecule has 3 nitrogen and oxygen atoms in total. The lowest BCUT2D eigenvalue weighted by Crippen LogP contribution is -1.95. The van der Waals surface area contributed by atoms with E-state index in [-0.39, 0.29) is 0 Å². The lowest BCUT2D eigenvalue weighted by Gasteiger charge is -2.06. The number of aromatic amines is 1. The van der Waals surface area contributed by atoms with Gasteiger partial charge in [0, 0.05) is 22.2 Å². The Bertz CT molecular complexity index is 729. The Morgan fingerprint density at radius 1 is 0.952 bits per heavy atom. The fourth-order valence-corrected chi connectivity index (χ4v) is 2.51. The number of ether oxygens (including phenoxy) is 2. The van der Waals surface area contributed by atoms with Gasteiger partial charge in [-0.15, -0.1) is 0 Å². The molecular weight excluding hydrogens is 262 g/mol. The summed E-state index contributed by atoms with van der Waals surface area (Å²) in [6.07, 6.45) is 0. The third-order valence-corrected chi connectivity index (χ3v) is 3.70. The van der Waals surface area contributed by atoms with E-state index in [9.17, 15) is 0 Å². The van der Waals surface area contributed by atoms with Crippen LogP contribution in [0.2, 0.25) is 0 Å². The Morgan fingerprint density at radius 3 is 2.48 bits per heavy atom. The van der Waals surface area contributed by atoms with Crippen LogP contribution in [0, 0.1) is 6.92 Å². The van der Waals surface area contributed by atoms with E-state index < -0.39 is 0 Å². The summed E-state index contributed by atoms with van der Waals surface area (Å²) in [5.74, 6) is 0.867.